The largest absolute Gasteiger partial charge is 0.241 e. The highest BCUT2D eigenvalue weighted by Crippen LogP contribution is 2.23. The predicted molar refractivity (Wildman–Crippen MR) is 61.0 cm³/mol. The van der Waals surface area contributed by atoms with Crippen molar-refractivity contribution in [2.45, 2.75) is 13.3 Å². The van der Waals surface area contributed by atoms with Crippen molar-refractivity contribution in [1.29, 1.82) is 0 Å². The van der Waals surface area contributed by atoms with Gasteiger partial charge in [0.05, 0.1) is 5.70 Å². The molecule has 1 heterocycles. The minimum absolute atomic E-state index is 1.03. The van der Waals surface area contributed by atoms with E-state index in [4.69, 9.17) is 0 Å². The molecular formula is C9H11IN2. The molecule has 64 valence electrons. The first kappa shape index (κ1) is 9.51. The van der Waals surface area contributed by atoms with E-state index < -0.39 is 0 Å². The molecule has 0 atom stereocenters. The van der Waals surface area contributed by atoms with Crippen LogP contribution < -0.4 is 0 Å². The summed E-state index contributed by atoms with van der Waals surface area (Å²) in [6.45, 7) is 5.63. The molecule has 0 aromatic carbocycles. The smallest absolute Gasteiger partial charge is 0.0737 e. The van der Waals surface area contributed by atoms with Gasteiger partial charge in [0.15, 0.2) is 0 Å². The van der Waals surface area contributed by atoms with Crippen LogP contribution in [-0.2, 0) is 0 Å². The molecule has 0 amide bonds. The van der Waals surface area contributed by atoms with Crippen molar-refractivity contribution in [2.24, 2.45) is 5.10 Å². The molecule has 12 heavy (non-hydrogen) atoms. The van der Waals surface area contributed by atoms with Gasteiger partial charge in [-0.15, -0.1) is 0 Å². The minimum Gasteiger partial charge on any atom is -0.241 e. The monoisotopic (exact) mass is 274 g/mol. The molecule has 0 saturated carbocycles. The van der Waals surface area contributed by atoms with Gasteiger partial charge in [0.2, 0.25) is 0 Å². The highest BCUT2D eigenvalue weighted by Gasteiger charge is 2.07. The summed E-state index contributed by atoms with van der Waals surface area (Å²) in [7, 11) is 0. The zero-order chi connectivity index (χ0) is 8.97. The number of hydrogen-bond acceptors (Lipinski definition) is 2. The van der Waals surface area contributed by atoms with Gasteiger partial charge in [0.1, 0.15) is 0 Å². The predicted octanol–water partition coefficient (Wildman–Crippen LogP) is 3.04. The second-order valence-electron chi connectivity index (χ2n) is 2.33. The molecule has 0 aromatic heterocycles. The number of hydrazone groups is 1. The summed E-state index contributed by atoms with van der Waals surface area (Å²) in [5.41, 5.74) is 1.12. The van der Waals surface area contributed by atoms with Crippen molar-refractivity contribution in [1.82, 2.24) is 5.01 Å². The van der Waals surface area contributed by atoms with E-state index >= 15 is 0 Å². The van der Waals surface area contributed by atoms with Crippen LogP contribution in [0.2, 0.25) is 0 Å². The third-order valence-corrected chi connectivity index (χ3v) is 2.90. The molecule has 0 aliphatic carbocycles. The van der Waals surface area contributed by atoms with E-state index in [0.717, 1.165) is 12.1 Å². The zero-order valence-electron chi connectivity index (χ0n) is 7.00. The molecule has 1 aliphatic heterocycles. The average molecular weight is 274 g/mol. The van der Waals surface area contributed by atoms with Gasteiger partial charge in [-0.05, 0) is 41.2 Å². The van der Waals surface area contributed by atoms with Crippen molar-refractivity contribution >= 4 is 29.3 Å². The van der Waals surface area contributed by atoms with Crippen molar-refractivity contribution in [3.05, 3.63) is 33.7 Å². The summed E-state index contributed by atoms with van der Waals surface area (Å²) in [6.07, 6.45) is 8.92. The maximum absolute atomic E-state index is 3.88. The summed E-state index contributed by atoms with van der Waals surface area (Å²) in [5.74, 6) is 0. The highest BCUT2D eigenvalue weighted by atomic mass is 127. The Kier molecular flexibility index (Phi) is 3.52. The van der Waals surface area contributed by atoms with Gasteiger partial charge in [-0.2, -0.15) is 5.10 Å². The van der Waals surface area contributed by atoms with Gasteiger partial charge in [-0.3, -0.25) is 0 Å². The number of rotatable bonds is 2. The van der Waals surface area contributed by atoms with Crippen LogP contribution in [0.1, 0.15) is 13.3 Å². The Morgan fingerprint density at radius 2 is 2.42 bits per heavy atom. The Hall–Kier alpha value is -0.580. The molecule has 1 rings (SSSR count). The lowest BCUT2D eigenvalue weighted by molar-refractivity contribution is 0.512. The SMILES string of the molecule is C=NN1C=CC=C/C1=C(\I)CC. The fourth-order valence-electron chi connectivity index (χ4n) is 0.954. The van der Waals surface area contributed by atoms with Crippen molar-refractivity contribution in [2.75, 3.05) is 0 Å². The van der Waals surface area contributed by atoms with Gasteiger partial charge >= 0.3 is 0 Å². The number of nitrogens with zero attached hydrogens (tertiary/aromatic N) is 2. The third-order valence-electron chi connectivity index (χ3n) is 1.58. The Balaban J connectivity index is 2.96. The van der Waals surface area contributed by atoms with Crippen LogP contribution >= 0.6 is 22.6 Å². The van der Waals surface area contributed by atoms with Gasteiger partial charge in [0, 0.05) is 16.5 Å². The van der Waals surface area contributed by atoms with Gasteiger partial charge in [-0.25, -0.2) is 5.01 Å². The van der Waals surface area contributed by atoms with Crippen LogP contribution in [0.25, 0.3) is 0 Å². The average Bonchev–Trinajstić information content (AvgIpc) is 2.16. The molecular weight excluding hydrogens is 263 g/mol. The summed E-state index contributed by atoms with van der Waals surface area (Å²) < 4.78 is 1.29. The summed E-state index contributed by atoms with van der Waals surface area (Å²) in [5, 5.41) is 5.66. The van der Waals surface area contributed by atoms with E-state index in [1.807, 2.05) is 24.4 Å². The van der Waals surface area contributed by atoms with Crippen LogP contribution in [0.15, 0.2) is 38.8 Å². The lowest BCUT2D eigenvalue weighted by Gasteiger charge is -2.18. The van der Waals surface area contributed by atoms with Crippen LogP contribution in [0.4, 0.5) is 0 Å². The van der Waals surface area contributed by atoms with E-state index in [-0.39, 0.29) is 0 Å². The Labute approximate surface area is 86.5 Å². The van der Waals surface area contributed by atoms with E-state index in [9.17, 15) is 0 Å². The molecule has 0 bridgehead atoms. The van der Waals surface area contributed by atoms with Crippen molar-refractivity contribution in [3.63, 3.8) is 0 Å². The number of halogens is 1. The second-order valence-corrected chi connectivity index (χ2v) is 3.63. The molecule has 0 N–H and O–H groups in total. The molecule has 0 unspecified atom stereocenters. The van der Waals surface area contributed by atoms with E-state index in [2.05, 4.69) is 41.3 Å². The highest BCUT2D eigenvalue weighted by molar-refractivity contribution is 14.1. The first-order chi connectivity index (χ1) is 5.79. The molecule has 3 heteroatoms. The molecule has 1 aliphatic rings. The first-order valence-corrected chi connectivity index (χ1v) is 4.87. The number of hydrogen-bond donors (Lipinski definition) is 0. The molecule has 0 aromatic rings. The van der Waals surface area contributed by atoms with Crippen molar-refractivity contribution in [3.8, 4) is 0 Å². The van der Waals surface area contributed by atoms with Crippen LogP contribution in [0.3, 0.4) is 0 Å². The van der Waals surface area contributed by atoms with Crippen LogP contribution in [-0.4, -0.2) is 11.7 Å². The van der Waals surface area contributed by atoms with Crippen LogP contribution in [0.5, 0.6) is 0 Å². The Morgan fingerprint density at radius 1 is 1.67 bits per heavy atom. The summed E-state index contributed by atoms with van der Waals surface area (Å²) >= 11 is 2.33. The fraction of sp³-hybridized carbons (Fsp3) is 0.222. The minimum atomic E-state index is 1.03. The maximum atomic E-state index is 3.88. The van der Waals surface area contributed by atoms with Gasteiger partial charge in [-0.1, -0.05) is 13.0 Å². The quantitative estimate of drug-likeness (QED) is 0.558. The third kappa shape index (κ3) is 1.97. The second kappa shape index (κ2) is 4.45. The standard InChI is InChI=1S/C9H11IN2/c1-3-8(10)9-6-4-5-7-12(9)11-2/h4-7H,2-3H2,1H3/b9-8+. The molecule has 0 spiro atoms. The Morgan fingerprint density at radius 3 is 3.00 bits per heavy atom. The fourth-order valence-corrected chi connectivity index (χ4v) is 1.38. The molecule has 0 radical (unpaired) electrons. The van der Waals surface area contributed by atoms with Crippen LogP contribution in [0, 0.1) is 0 Å². The van der Waals surface area contributed by atoms with E-state index in [1.54, 1.807) is 5.01 Å². The summed E-state index contributed by atoms with van der Waals surface area (Å²) in [6, 6.07) is 0. The molecule has 0 fully saturated rings. The first-order valence-electron chi connectivity index (χ1n) is 3.79. The molecule has 0 saturated heterocycles. The normalized spacial score (nSPS) is 19.7. The van der Waals surface area contributed by atoms with Gasteiger partial charge in [0.25, 0.3) is 0 Å². The number of allylic oxidation sites excluding steroid dienone is 4. The van der Waals surface area contributed by atoms with Crippen molar-refractivity contribution < 1.29 is 0 Å². The zero-order valence-corrected chi connectivity index (χ0v) is 9.15. The summed E-state index contributed by atoms with van der Waals surface area (Å²) in [4.78, 5) is 0. The molecule has 2 nitrogen and oxygen atoms in total. The lowest BCUT2D eigenvalue weighted by Crippen LogP contribution is -2.10. The van der Waals surface area contributed by atoms with E-state index in [1.165, 1.54) is 3.58 Å². The maximum Gasteiger partial charge on any atom is 0.0737 e. The topological polar surface area (TPSA) is 15.6 Å². The Bertz CT molecular complexity index is 264. The van der Waals surface area contributed by atoms with Gasteiger partial charge < -0.3 is 0 Å². The lowest BCUT2D eigenvalue weighted by atomic mass is 10.2. The van der Waals surface area contributed by atoms with E-state index in [0.29, 0.717) is 0 Å².